The molecule has 1 atom stereocenters. The Morgan fingerprint density at radius 1 is 1.45 bits per heavy atom. The van der Waals surface area contributed by atoms with E-state index in [9.17, 15) is 9.90 Å². The largest absolute Gasteiger partial charge is 0.497 e. The molecular weight excluding hydrogens is 254 g/mol. The van der Waals surface area contributed by atoms with Gasteiger partial charge in [-0.05, 0) is 36.5 Å². The van der Waals surface area contributed by atoms with Crippen LogP contribution in [0.1, 0.15) is 32.8 Å². The average Bonchev–Trinajstić information content (AvgIpc) is 2.35. The van der Waals surface area contributed by atoms with Gasteiger partial charge in [0.05, 0.1) is 19.6 Å². The maximum atomic E-state index is 11.9. The number of rotatable bonds is 7. The van der Waals surface area contributed by atoms with Crippen LogP contribution in [0.3, 0.4) is 0 Å². The molecule has 4 heteroatoms. The first-order valence-electron chi connectivity index (χ1n) is 6.90. The lowest BCUT2D eigenvalue weighted by Crippen LogP contribution is -2.36. The fourth-order valence-electron chi connectivity index (χ4n) is 2.24. The van der Waals surface area contributed by atoms with Crippen LogP contribution in [0.4, 0.5) is 0 Å². The Hall–Kier alpha value is -1.55. The maximum absolute atomic E-state index is 11.9. The number of hydrogen-bond donors (Lipinski definition) is 2. The van der Waals surface area contributed by atoms with Gasteiger partial charge >= 0.3 is 0 Å². The Kier molecular flexibility index (Phi) is 6.02. The maximum Gasteiger partial charge on any atom is 0.224 e. The standard InChI is InChI=1S/C16H25NO3/c1-12(18)10-16(2,3)11-17-15(19)9-13-6-5-7-14(8-13)20-4/h5-8,12,18H,9-11H2,1-4H3,(H,17,19). The molecule has 1 rings (SSSR count). The molecule has 2 N–H and O–H groups in total. The van der Waals surface area contributed by atoms with E-state index >= 15 is 0 Å². The fourth-order valence-corrected chi connectivity index (χ4v) is 2.24. The van der Waals surface area contributed by atoms with Crippen LogP contribution < -0.4 is 10.1 Å². The molecule has 1 aromatic rings. The van der Waals surface area contributed by atoms with Gasteiger partial charge in [-0.1, -0.05) is 26.0 Å². The minimum atomic E-state index is -0.361. The smallest absolute Gasteiger partial charge is 0.224 e. The van der Waals surface area contributed by atoms with Gasteiger partial charge in [-0.3, -0.25) is 4.79 Å². The molecule has 0 spiro atoms. The zero-order valence-electron chi connectivity index (χ0n) is 12.8. The highest BCUT2D eigenvalue weighted by molar-refractivity contribution is 5.78. The van der Waals surface area contributed by atoms with Gasteiger partial charge < -0.3 is 15.2 Å². The van der Waals surface area contributed by atoms with Crippen LogP contribution in [0.25, 0.3) is 0 Å². The van der Waals surface area contributed by atoms with E-state index in [0.29, 0.717) is 19.4 Å². The Morgan fingerprint density at radius 2 is 2.15 bits per heavy atom. The molecule has 1 unspecified atom stereocenters. The lowest BCUT2D eigenvalue weighted by atomic mass is 9.87. The zero-order valence-corrected chi connectivity index (χ0v) is 12.8. The summed E-state index contributed by atoms with van der Waals surface area (Å²) in [4.78, 5) is 11.9. The minimum absolute atomic E-state index is 0.0167. The van der Waals surface area contributed by atoms with Crippen LogP contribution >= 0.6 is 0 Å². The van der Waals surface area contributed by atoms with Crippen molar-refractivity contribution in [1.29, 1.82) is 0 Å². The van der Waals surface area contributed by atoms with Gasteiger partial charge in [0.2, 0.25) is 5.91 Å². The van der Waals surface area contributed by atoms with E-state index in [2.05, 4.69) is 5.32 Å². The van der Waals surface area contributed by atoms with E-state index in [1.807, 2.05) is 38.1 Å². The Labute approximate surface area is 121 Å². The van der Waals surface area contributed by atoms with Gasteiger partial charge in [0, 0.05) is 6.54 Å². The summed E-state index contributed by atoms with van der Waals surface area (Å²) in [5.74, 6) is 0.738. The SMILES string of the molecule is COc1cccc(CC(=O)NCC(C)(C)CC(C)O)c1. The average molecular weight is 279 g/mol. The number of amides is 1. The van der Waals surface area contributed by atoms with E-state index in [4.69, 9.17) is 4.74 Å². The molecule has 20 heavy (non-hydrogen) atoms. The first-order valence-corrected chi connectivity index (χ1v) is 6.90. The summed E-state index contributed by atoms with van der Waals surface area (Å²) in [7, 11) is 1.61. The molecule has 0 bridgehead atoms. The van der Waals surface area contributed by atoms with Crippen LogP contribution in [0.5, 0.6) is 5.75 Å². The number of ether oxygens (including phenoxy) is 1. The third-order valence-electron chi connectivity index (χ3n) is 3.11. The first-order chi connectivity index (χ1) is 9.32. The third kappa shape index (κ3) is 6.06. The Bertz CT molecular complexity index is 441. The van der Waals surface area contributed by atoms with Crippen LogP contribution in [0.2, 0.25) is 0 Å². The summed E-state index contributed by atoms with van der Waals surface area (Å²) in [5.41, 5.74) is 0.813. The molecule has 4 nitrogen and oxygen atoms in total. The Morgan fingerprint density at radius 3 is 2.75 bits per heavy atom. The van der Waals surface area contributed by atoms with Crippen LogP contribution in [0, 0.1) is 5.41 Å². The van der Waals surface area contributed by atoms with Gasteiger partial charge in [-0.15, -0.1) is 0 Å². The van der Waals surface area contributed by atoms with E-state index in [-0.39, 0.29) is 17.4 Å². The van der Waals surface area contributed by atoms with E-state index in [1.54, 1.807) is 14.0 Å². The molecule has 0 radical (unpaired) electrons. The molecule has 1 aromatic carbocycles. The number of aliphatic hydroxyl groups excluding tert-OH is 1. The van der Waals surface area contributed by atoms with Crippen molar-refractivity contribution in [2.45, 2.75) is 39.7 Å². The third-order valence-corrected chi connectivity index (χ3v) is 3.11. The highest BCUT2D eigenvalue weighted by Gasteiger charge is 2.21. The minimum Gasteiger partial charge on any atom is -0.497 e. The molecule has 112 valence electrons. The van der Waals surface area contributed by atoms with Crippen molar-refractivity contribution < 1.29 is 14.6 Å². The second-order valence-corrected chi connectivity index (χ2v) is 6.02. The van der Waals surface area contributed by atoms with Gasteiger partial charge in [0.1, 0.15) is 5.75 Å². The monoisotopic (exact) mass is 279 g/mol. The van der Waals surface area contributed by atoms with Gasteiger partial charge in [0.15, 0.2) is 0 Å². The van der Waals surface area contributed by atoms with Gasteiger partial charge in [-0.25, -0.2) is 0 Å². The lowest BCUT2D eigenvalue weighted by molar-refractivity contribution is -0.121. The van der Waals surface area contributed by atoms with Crippen molar-refractivity contribution in [1.82, 2.24) is 5.32 Å². The molecule has 0 heterocycles. The summed E-state index contributed by atoms with van der Waals surface area (Å²) in [5, 5.41) is 12.3. The summed E-state index contributed by atoms with van der Waals surface area (Å²) in [6.07, 6.45) is 0.634. The van der Waals surface area contributed by atoms with Crippen LogP contribution in [0.15, 0.2) is 24.3 Å². The fraction of sp³-hybridized carbons (Fsp3) is 0.562. The molecule has 0 aliphatic rings. The molecule has 0 aliphatic heterocycles. The zero-order chi connectivity index (χ0) is 15.2. The van der Waals surface area contributed by atoms with E-state index in [1.165, 1.54) is 0 Å². The summed E-state index contributed by atoms with van der Waals surface area (Å²) in [6, 6.07) is 7.50. The molecular formula is C16H25NO3. The highest BCUT2D eigenvalue weighted by Crippen LogP contribution is 2.21. The lowest BCUT2D eigenvalue weighted by Gasteiger charge is -2.26. The van der Waals surface area contributed by atoms with Crippen LogP contribution in [-0.4, -0.2) is 30.8 Å². The van der Waals surface area contributed by atoms with Crippen molar-refractivity contribution >= 4 is 5.91 Å². The molecule has 1 amide bonds. The van der Waals surface area contributed by atoms with E-state index < -0.39 is 0 Å². The van der Waals surface area contributed by atoms with Crippen LogP contribution in [-0.2, 0) is 11.2 Å². The Balaban J connectivity index is 2.47. The van der Waals surface area contributed by atoms with Crippen molar-refractivity contribution in [2.75, 3.05) is 13.7 Å². The predicted octanol–water partition coefficient (Wildman–Crippen LogP) is 2.15. The van der Waals surface area contributed by atoms with Crippen molar-refractivity contribution in [3.05, 3.63) is 29.8 Å². The van der Waals surface area contributed by atoms with Crippen molar-refractivity contribution in [3.63, 3.8) is 0 Å². The number of benzene rings is 1. The summed E-state index contributed by atoms with van der Waals surface area (Å²) >= 11 is 0. The molecule has 0 aliphatic carbocycles. The normalized spacial score (nSPS) is 12.8. The first kappa shape index (κ1) is 16.5. The highest BCUT2D eigenvalue weighted by atomic mass is 16.5. The second-order valence-electron chi connectivity index (χ2n) is 6.02. The van der Waals surface area contributed by atoms with Gasteiger partial charge in [0.25, 0.3) is 0 Å². The molecule has 0 saturated carbocycles. The van der Waals surface area contributed by atoms with Gasteiger partial charge in [-0.2, -0.15) is 0 Å². The number of aliphatic hydroxyl groups is 1. The number of carbonyl (C=O) groups excluding carboxylic acids is 1. The summed E-state index contributed by atoms with van der Waals surface area (Å²) in [6.45, 7) is 6.39. The number of nitrogens with one attached hydrogen (secondary N) is 1. The molecule has 0 aromatic heterocycles. The predicted molar refractivity (Wildman–Crippen MR) is 79.8 cm³/mol. The van der Waals surface area contributed by atoms with Crippen molar-refractivity contribution in [2.24, 2.45) is 5.41 Å². The molecule has 0 fully saturated rings. The van der Waals surface area contributed by atoms with E-state index in [0.717, 1.165) is 11.3 Å². The quantitative estimate of drug-likeness (QED) is 0.804. The number of methoxy groups -OCH3 is 1. The topological polar surface area (TPSA) is 58.6 Å². The number of carbonyl (C=O) groups is 1. The second kappa shape index (κ2) is 7.29. The number of hydrogen-bond acceptors (Lipinski definition) is 3. The summed E-state index contributed by atoms with van der Waals surface area (Å²) < 4.78 is 5.13. The van der Waals surface area contributed by atoms with Crippen molar-refractivity contribution in [3.8, 4) is 5.75 Å². The molecule has 0 saturated heterocycles.